The Morgan fingerprint density at radius 2 is 1.65 bits per heavy atom. The van der Waals surface area contributed by atoms with E-state index in [0.29, 0.717) is 0 Å². The zero-order valence-electron chi connectivity index (χ0n) is 12.7. The highest BCUT2D eigenvalue weighted by atomic mass is 127. The number of carbonyl (C=O) groups excluding carboxylic acids is 1. The smallest absolute Gasteiger partial charge is 0.246 e. The summed E-state index contributed by atoms with van der Waals surface area (Å²) in [6.45, 7) is 1.86. The highest BCUT2D eigenvalue weighted by Crippen LogP contribution is 2.23. The lowest BCUT2D eigenvalue weighted by molar-refractivity contribution is -0.116. The molecule has 23 heavy (non-hydrogen) atoms. The lowest BCUT2D eigenvalue weighted by Gasteiger charge is -2.16. The fourth-order valence-corrected chi connectivity index (χ4v) is 2.80. The number of rotatable bonds is 4. The monoisotopic (exact) mass is 416 g/mol. The molecule has 0 heterocycles. The summed E-state index contributed by atoms with van der Waals surface area (Å²) in [5.74, 6) is -0.0556. The van der Waals surface area contributed by atoms with Crippen LogP contribution in [0.1, 0.15) is 6.92 Å². The summed E-state index contributed by atoms with van der Waals surface area (Å²) in [6, 6.07) is 21.6. The maximum atomic E-state index is 12.5. The van der Waals surface area contributed by atoms with Gasteiger partial charge in [0.1, 0.15) is 6.04 Å². The fourth-order valence-electron chi connectivity index (χ4n) is 2.44. The highest BCUT2D eigenvalue weighted by Gasteiger charge is 2.13. The minimum atomic E-state index is -0.325. The number of hydrogen-bond donors (Lipinski definition) is 2. The number of nitrogens with one attached hydrogen (secondary N) is 2. The Kier molecular flexibility index (Phi) is 4.81. The number of halogens is 1. The lowest BCUT2D eigenvalue weighted by Crippen LogP contribution is -2.31. The molecule has 3 nitrogen and oxygen atoms in total. The largest absolute Gasteiger partial charge is 0.374 e. The predicted molar refractivity (Wildman–Crippen MR) is 105 cm³/mol. The number of fused-ring (bicyclic) bond motifs is 1. The van der Waals surface area contributed by atoms with Crippen LogP contribution in [0.4, 0.5) is 11.4 Å². The molecule has 0 aliphatic carbocycles. The van der Waals surface area contributed by atoms with Gasteiger partial charge in [0.25, 0.3) is 0 Å². The van der Waals surface area contributed by atoms with Crippen LogP contribution in [0.5, 0.6) is 0 Å². The fraction of sp³-hybridized carbons (Fsp3) is 0.105. The third-order valence-corrected chi connectivity index (χ3v) is 4.39. The van der Waals surface area contributed by atoms with Crippen LogP contribution in [0.3, 0.4) is 0 Å². The molecule has 0 fully saturated rings. The Balaban J connectivity index is 1.74. The minimum absolute atomic E-state index is 0.0556. The summed E-state index contributed by atoms with van der Waals surface area (Å²) in [6.07, 6.45) is 0. The van der Waals surface area contributed by atoms with Crippen molar-refractivity contribution in [1.82, 2.24) is 0 Å². The molecule has 0 bridgehead atoms. The third kappa shape index (κ3) is 3.82. The van der Waals surface area contributed by atoms with E-state index in [1.54, 1.807) is 0 Å². The predicted octanol–water partition coefficient (Wildman–Crippen LogP) is 4.88. The van der Waals surface area contributed by atoms with E-state index in [1.807, 2.05) is 73.7 Å². The van der Waals surface area contributed by atoms with Crippen LogP contribution in [-0.4, -0.2) is 11.9 Å². The van der Waals surface area contributed by atoms with E-state index in [4.69, 9.17) is 0 Å². The molecule has 4 heteroatoms. The first kappa shape index (κ1) is 15.8. The molecule has 1 amide bonds. The van der Waals surface area contributed by atoms with E-state index < -0.39 is 0 Å². The maximum absolute atomic E-state index is 12.5. The molecule has 0 saturated carbocycles. The van der Waals surface area contributed by atoms with Gasteiger partial charge in [0.2, 0.25) is 5.91 Å². The second-order valence-corrected chi connectivity index (χ2v) is 6.63. The van der Waals surface area contributed by atoms with Gasteiger partial charge in [0, 0.05) is 20.3 Å². The average molecular weight is 416 g/mol. The van der Waals surface area contributed by atoms with Crippen molar-refractivity contribution in [1.29, 1.82) is 0 Å². The SMILES string of the molecule is C[C@@H](Nc1ccc(I)cc1)C(=O)Nc1cccc2ccccc12. The first-order valence-electron chi connectivity index (χ1n) is 7.44. The summed E-state index contributed by atoms with van der Waals surface area (Å²) in [5, 5.41) is 8.40. The zero-order chi connectivity index (χ0) is 16.2. The molecular formula is C19H17IN2O. The molecule has 0 unspecified atom stereocenters. The van der Waals surface area contributed by atoms with Gasteiger partial charge >= 0.3 is 0 Å². The Morgan fingerprint density at radius 1 is 0.957 bits per heavy atom. The van der Waals surface area contributed by atoms with Gasteiger partial charge in [-0.1, -0.05) is 36.4 Å². The van der Waals surface area contributed by atoms with Crippen molar-refractivity contribution in [2.24, 2.45) is 0 Å². The summed E-state index contributed by atoms with van der Waals surface area (Å²) in [5.41, 5.74) is 1.77. The molecule has 0 aromatic heterocycles. The van der Waals surface area contributed by atoms with Gasteiger partial charge < -0.3 is 10.6 Å². The topological polar surface area (TPSA) is 41.1 Å². The van der Waals surface area contributed by atoms with Crippen LogP contribution >= 0.6 is 22.6 Å². The van der Waals surface area contributed by atoms with E-state index in [2.05, 4.69) is 33.2 Å². The van der Waals surface area contributed by atoms with Crippen LogP contribution in [0, 0.1) is 3.57 Å². The molecule has 0 saturated heterocycles. The summed E-state index contributed by atoms with van der Waals surface area (Å²) in [7, 11) is 0. The van der Waals surface area contributed by atoms with Gasteiger partial charge in [0.15, 0.2) is 0 Å². The molecule has 3 aromatic carbocycles. The van der Waals surface area contributed by atoms with E-state index in [1.165, 1.54) is 3.57 Å². The van der Waals surface area contributed by atoms with Crippen LogP contribution < -0.4 is 10.6 Å². The van der Waals surface area contributed by atoms with Crippen molar-refractivity contribution in [3.63, 3.8) is 0 Å². The number of amides is 1. The molecule has 0 aliphatic rings. The second kappa shape index (κ2) is 7.00. The second-order valence-electron chi connectivity index (χ2n) is 5.39. The Morgan fingerprint density at radius 3 is 2.43 bits per heavy atom. The number of benzene rings is 3. The first-order valence-corrected chi connectivity index (χ1v) is 8.52. The summed E-state index contributed by atoms with van der Waals surface area (Å²) < 4.78 is 1.17. The van der Waals surface area contributed by atoms with E-state index >= 15 is 0 Å². The first-order chi connectivity index (χ1) is 11.1. The van der Waals surface area contributed by atoms with Gasteiger partial charge in [-0.15, -0.1) is 0 Å². The van der Waals surface area contributed by atoms with Crippen molar-refractivity contribution in [3.05, 3.63) is 70.3 Å². The van der Waals surface area contributed by atoms with Crippen molar-refractivity contribution < 1.29 is 4.79 Å². The molecule has 3 rings (SSSR count). The van der Waals surface area contributed by atoms with E-state index in [-0.39, 0.29) is 11.9 Å². The number of carbonyl (C=O) groups is 1. The molecule has 3 aromatic rings. The molecule has 116 valence electrons. The molecule has 0 radical (unpaired) electrons. The average Bonchev–Trinajstić information content (AvgIpc) is 2.57. The molecule has 1 atom stereocenters. The number of hydrogen-bond acceptors (Lipinski definition) is 2. The van der Waals surface area contributed by atoms with Gasteiger partial charge in [0.05, 0.1) is 0 Å². The Hall–Kier alpha value is -2.08. The van der Waals surface area contributed by atoms with Crippen LogP contribution in [0.2, 0.25) is 0 Å². The molecule has 0 spiro atoms. The van der Waals surface area contributed by atoms with Crippen LogP contribution in [-0.2, 0) is 4.79 Å². The van der Waals surface area contributed by atoms with Crippen molar-refractivity contribution >= 4 is 50.6 Å². The Labute approximate surface area is 149 Å². The number of anilines is 2. The highest BCUT2D eigenvalue weighted by molar-refractivity contribution is 14.1. The molecule has 2 N–H and O–H groups in total. The third-order valence-electron chi connectivity index (χ3n) is 3.67. The van der Waals surface area contributed by atoms with Crippen molar-refractivity contribution in [2.75, 3.05) is 10.6 Å². The van der Waals surface area contributed by atoms with Gasteiger partial charge in [-0.25, -0.2) is 0 Å². The van der Waals surface area contributed by atoms with E-state index in [9.17, 15) is 4.79 Å². The summed E-state index contributed by atoms with van der Waals surface area (Å²) >= 11 is 2.26. The summed E-state index contributed by atoms with van der Waals surface area (Å²) in [4.78, 5) is 12.5. The molecule has 0 aliphatic heterocycles. The van der Waals surface area contributed by atoms with Crippen LogP contribution in [0.25, 0.3) is 10.8 Å². The van der Waals surface area contributed by atoms with Crippen molar-refractivity contribution in [2.45, 2.75) is 13.0 Å². The maximum Gasteiger partial charge on any atom is 0.246 e. The van der Waals surface area contributed by atoms with Crippen molar-refractivity contribution in [3.8, 4) is 0 Å². The zero-order valence-corrected chi connectivity index (χ0v) is 14.9. The van der Waals surface area contributed by atoms with Gasteiger partial charge in [-0.3, -0.25) is 4.79 Å². The van der Waals surface area contributed by atoms with E-state index in [0.717, 1.165) is 22.1 Å². The standard InChI is InChI=1S/C19H17IN2O/c1-13(21-16-11-9-15(20)10-12-16)19(23)22-18-8-4-6-14-5-2-3-7-17(14)18/h2-13,21H,1H3,(H,22,23)/t13-/m1/s1. The minimum Gasteiger partial charge on any atom is -0.374 e. The van der Waals surface area contributed by atoms with Gasteiger partial charge in [-0.05, 0) is 65.2 Å². The van der Waals surface area contributed by atoms with Crippen LogP contribution in [0.15, 0.2) is 66.7 Å². The normalized spacial score (nSPS) is 11.9. The Bertz CT molecular complexity index is 825. The molecular weight excluding hydrogens is 399 g/mol. The lowest BCUT2D eigenvalue weighted by atomic mass is 10.1. The quantitative estimate of drug-likeness (QED) is 0.595. The van der Waals surface area contributed by atoms with Gasteiger partial charge in [-0.2, -0.15) is 0 Å².